The lowest BCUT2D eigenvalue weighted by molar-refractivity contribution is -0.137. The number of urea groups is 1. The van der Waals surface area contributed by atoms with Crippen molar-refractivity contribution in [2.24, 2.45) is 0 Å². The molecule has 0 aromatic heterocycles. The van der Waals surface area contributed by atoms with E-state index in [0.717, 1.165) is 12.1 Å². The van der Waals surface area contributed by atoms with Crippen LogP contribution in [0.3, 0.4) is 0 Å². The zero-order valence-electron chi connectivity index (χ0n) is 11.9. The summed E-state index contributed by atoms with van der Waals surface area (Å²) in [5, 5.41) is 8.76. The standard InChI is InChI=1S/C16H20N2O3/c19-15(20)10-7-13-18(14-8-3-1-4-9-14)16(21)17-11-5-2-6-12-17/h1-5,8-9H,6-7,10-13H2,(H,19,20). The topological polar surface area (TPSA) is 60.9 Å². The van der Waals surface area contributed by atoms with Crippen molar-refractivity contribution in [3.05, 3.63) is 42.5 Å². The molecule has 5 heteroatoms. The highest BCUT2D eigenvalue weighted by atomic mass is 16.4. The lowest BCUT2D eigenvalue weighted by Crippen LogP contribution is -2.45. The molecule has 0 atom stereocenters. The summed E-state index contributed by atoms with van der Waals surface area (Å²) in [4.78, 5) is 26.8. The number of hydrogen-bond donors (Lipinski definition) is 1. The van der Waals surface area contributed by atoms with Gasteiger partial charge in [0.15, 0.2) is 0 Å². The minimum Gasteiger partial charge on any atom is -0.481 e. The monoisotopic (exact) mass is 288 g/mol. The molecule has 1 N–H and O–H groups in total. The molecular weight excluding hydrogens is 268 g/mol. The molecule has 2 rings (SSSR count). The van der Waals surface area contributed by atoms with Gasteiger partial charge in [0.2, 0.25) is 0 Å². The van der Waals surface area contributed by atoms with Gasteiger partial charge < -0.3 is 10.0 Å². The number of aliphatic carboxylic acids is 1. The highest BCUT2D eigenvalue weighted by Crippen LogP contribution is 2.17. The number of para-hydroxylation sites is 1. The summed E-state index contributed by atoms with van der Waals surface area (Å²) in [5.74, 6) is -0.837. The molecule has 21 heavy (non-hydrogen) atoms. The van der Waals surface area contributed by atoms with E-state index < -0.39 is 5.97 Å². The Bertz CT molecular complexity index is 514. The van der Waals surface area contributed by atoms with Gasteiger partial charge in [-0.15, -0.1) is 0 Å². The first-order valence-corrected chi connectivity index (χ1v) is 7.17. The Morgan fingerprint density at radius 1 is 1.19 bits per heavy atom. The van der Waals surface area contributed by atoms with Crippen molar-refractivity contribution in [3.63, 3.8) is 0 Å². The molecule has 2 amide bonds. The predicted octanol–water partition coefficient (Wildman–Crippen LogP) is 2.74. The van der Waals surface area contributed by atoms with Gasteiger partial charge in [-0.25, -0.2) is 4.79 Å². The van der Waals surface area contributed by atoms with Gasteiger partial charge in [0, 0.05) is 31.7 Å². The summed E-state index contributed by atoms with van der Waals surface area (Å²) >= 11 is 0. The third-order valence-electron chi connectivity index (χ3n) is 3.40. The van der Waals surface area contributed by atoms with Gasteiger partial charge in [-0.05, 0) is 25.0 Å². The van der Waals surface area contributed by atoms with Crippen molar-refractivity contribution >= 4 is 17.7 Å². The number of carbonyl (C=O) groups excluding carboxylic acids is 1. The van der Waals surface area contributed by atoms with Crippen LogP contribution in [0.1, 0.15) is 19.3 Å². The van der Waals surface area contributed by atoms with Crippen LogP contribution in [0.15, 0.2) is 42.5 Å². The first-order chi connectivity index (χ1) is 10.2. The Morgan fingerprint density at radius 3 is 2.57 bits per heavy atom. The maximum atomic E-state index is 12.6. The van der Waals surface area contributed by atoms with Crippen molar-refractivity contribution in [3.8, 4) is 0 Å². The van der Waals surface area contributed by atoms with Crippen LogP contribution in [0.2, 0.25) is 0 Å². The smallest absolute Gasteiger partial charge is 0.324 e. The number of rotatable bonds is 5. The van der Waals surface area contributed by atoms with Crippen LogP contribution in [0.25, 0.3) is 0 Å². The molecule has 112 valence electrons. The predicted molar refractivity (Wildman–Crippen MR) is 81.4 cm³/mol. The summed E-state index contributed by atoms with van der Waals surface area (Å²) in [5.41, 5.74) is 0.808. The van der Waals surface area contributed by atoms with E-state index in [1.54, 1.807) is 9.80 Å². The normalized spacial score (nSPS) is 14.0. The second-order valence-corrected chi connectivity index (χ2v) is 4.97. The molecule has 0 bridgehead atoms. The minimum absolute atomic E-state index is 0.0593. The lowest BCUT2D eigenvalue weighted by atomic mass is 10.2. The number of amides is 2. The second-order valence-electron chi connectivity index (χ2n) is 4.97. The Morgan fingerprint density at radius 2 is 1.95 bits per heavy atom. The van der Waals surface area contributed by atoms with Crippen LogP contribution < -0.4 is 4.90 Å². The zero-order valence-corrected chi connectivity index (χ0v) is 11.9. The molecule has 0 aliphatic carbocycles. The quantitative estimate of drug-likeness (QED) is 0.847. The Balaban J connectivity index is 2.09. The van der Waals surface area contributed by atoms with Crippen molar-refractivity contribution in [2.75, 3.05) is 24.5 Å². The van der Waals surface area contributed by atoms with Gasteiger partial charge in [-0.1, -0.05) is 30.4 Å². The van der Waals surface area contributed by atoms with Crippen molar-refractivity contribution in [1.29, 1.82) is 0 Å². The van der Waals surface area contributed by atoms with Crippen LogP contribution >= 0.6 is 0 Å². The van der Waals surface area contributed by atoms with E-state index >= 15 is 0 Å². The van der Waals surface area contributed by atoms with Crippen LogP contribution in [-0.4, -0.2) is 41.6 Å². The zero-order chi connectivity index (χ0) is 15.1. The van der Waals surface area contributed by atoms with Crippen LogP contribution in [-0.2, 0) is 4.79 Å². The molecule has 0 unspecified atom stereocenters. The number of anilines is 1. The summed E-state index contributed by atoms with van der Waals surface area (Å²) in [7, 11) is 0. The number of nitrogens with zero attached hydrogens (tertiary/aromatic N) is 2. The number of carbonyl (C=O) groups is 2. The molecular formula is C16H20N2O3. The average Bonchev–Trinajstić information content (AvgIpc) is 2.52. The van der Waals surface area contributed by atoms with Crippen molar-refractivity contribution < 1.29 is 14.7 Å². The third-order valence-corrected chi connectivity index (χ3v) is 3.40. The van der Waals surface area contributed by atoms with Gasteiger partial charge in [0.25, 0.3) is 0 Å². The van der Waals surface area contributed by atoms with E-state index in [4.69, 9.17) is 5.11 Å². The van der Waals surface area contributed by atoms with Gasteiger partial charge in [0.05, 0.1) is 0 Å². The molecule has 1 aromatic rings. The molecule has 0 fully saturated rings. The van der Waals surface area contributed by atoms with E-state index in [-0.39, 0.29) is 12.5 Å². The fraction of sp³-hybridized carbons (Fsp3) is 0.375. The summed E-state index contributed by atoms with van der Waals surface area (Å²) in [6.07, 6.45) is 5.43. The van der Waals surface area contributed by atoms with Gasteiger partial charge in [-0.2, -0.15) is 0 Å². The molecule has 0 radical (unpaired) electrons. The van der Waals surface area contributed by atoms with Crippen molar-refractivity contribution in [2.45, 2.75) is 19.3 Å². The second kappa shape index (κ2) is 7.47. The van der Waals surface area contributed by atoms with Gasteiger partial charge in [-0.3, -0.25) is 9.69 Å². The molecule has 0 spiro atoms. The maximum Gasteiger partial charge on any atom is 0.324 e. The molecule has 1 aliphatic heterocycles. The van der Waals surface area contributed by atoms with Crippen molar-refractivity contribution in [1.82, 2.24) is 4.90 Å². The Kier molecular flexibility index (Phi) is 5.37. The Labute approximate surface area is 124 Å². The molecule has 1 aliphatic rings. The summed E-state index contributed by atoms with van der Waals surface area (Å²) < 4.78 is 0. The van der Waals surface area contributed by atoms with E-state index in [1.807, 2.05) is 36.4 Å². The number of carboxylic acid groups (broad SMARTS) is 1. The van der Waals surface area contributed by atoms with E-state index in [2.05, 4.69) is 6.08 Å². The first-order valence-electron chi connectivity index (χ1n) is 7.17. The third kappa shape index (κ3) is 4.34. The van der Waals surface area contributed by atoms with Crippen LogP contribution in [0, 0.1) is 0 Å². The van der Waals surface area contributed by atoms with Gasteiger partial charge >= 0.3 is 12.0 Å². The maximum absolute atomic E-state index is 12.6. The molecule has 5 nitrogen and oxygen atoms in total. The fourth-order valence-corrected chi connectivity index (χ4v) is 2.32. The number of hydrogen-bond acceptors (Lipinski definition) is 2. The number of carboxylic acids is 1. The fourth-order valence-electron chi connectivity index (χ4n) is 2.32. The van der Waals surface area contributed by atoms with Gasteiger partial charge in [0.1, 0.15) is 0 Å². The molecule has 1 heterocycles. The summed E-state index contributed by atoms with van der Waals surface area (Å²) in [6, 6.07) is 9.34. The number of benzene rings is 1. The minimum atomic E-state index is -0.837. The van der Waals surface area contributed by atoms with Crippen LogP contribution in [0.5, 0.6) is 0 Å². The van der Waals surface area contributed by atoms with Crippen LogP contribution in [0.4, 0.5) is 10.5 Å². The van der Waals surface area contributed by atoms with E-state index in [9.17, 15) is 9.59 Å². The first kappa shape index (κ1) is 15.1. The summed E-state index contributed by atoms with van der Waals surface area (Å²) in [6.45, 7) is 1.73. The highest BCUT2D eigenvalue weighted by Gasteiger charge is 2.22. The largest absolute Gasteiger partial charge is 0.481 e. The molecule has 0 saturated heterocycles. The SMILES string of the molecule is O=C(O)CCCN(C(=O)N1CC=CCC1)c1ccccc1. The molecule has 1 aromatic carbocycles. The lowest BCUT2D eigenvalue weighted by Gasteiger charge is -2.31. The Hall–Kier alpha value is -2.30. The molecule has 0 saturated carbocycles. The van der Waals surface area contributed by atoms with E-state index in [1.165, 1.54) is 0 Å². The average molecular weight is 288 g/mol. The highest BCUT2D eigenvalue weighted by molar-refractivity contribution is 5.92. The van der Waals surface area contributed by atoms with E-state index in [0.29, 0.717) is 26.1 Å².